The summed E-state index contributed by atoms with van der Waals surface area (Å²) in [6.07, 6.45) is -0.0627. The van der Waals surface area contributed by atoms with Gasteiger partial charge in [0.25, 0.3) is 0 Å². The SMILES string of the molecule is COc1ccc(N2CC(=O)CC2=O)cc1O. The van der Waals surface area contributed by atoms with Crippen LogP contribution >= 0.6 is 0 Å². The molecule has 5 nitrogen and oxygen atoms in total. The molecule has 0 spiro atoms. The monoisotopic (exact) mass is 221 g/mol. The van der Waals surface area contributed by atoms with Crippen LogP contribution in [-0.4, -0.2) is 30.5 Å². The third kappa shape index (κ3) is 1.71. The van der Waals surface area contributed by atoms with Crippen LogP contribution < -0.4 is 9.64 Å². The number of ether oxygens (including phenoxy) is 1. The maximum Gasteiger partial charge on any atom is 0.234 e. The number of methoxy groups -OCH3 is 1. The summed E-state index contributed by atoms with van der Waals surface area (Å²) >= 11 is 0. The summed E-state index contributed by atoms with van der Waals surface area (Å²) in [6.45, 7) is 0.0740. The number of carbonyl (C=O) groups excluding carboxylic acids is 2. The van der Waals surface area contributed by atoms with Crippen molar-refractivity contribution in [1.82, 2.24) is 0 Å². The van der Waals surface area contributed by atoms with E-state index in [1.54, 1.807) is 12.1 Å². The second-order valence-electron chi connectivity index (χ2n) is 3.55. The second-order valence-corrected chi connectivity index (χ2v) is 3.55. The number of nitrogens with zero attached hydrogens (tertiary/aromatic N) is 1. The van der Waals surface area contributed by atoms with Gasteiger partial charge in [-0.15, -0.1) is 0 Å². The van der Waals surface area contributed by atoms with E-state index < -0.39 is 0 Å². The molecule has 0 saturated carbocycles. The molecule has 1 aromatic carbocycles. The molecule has 16 heavy (non-hydrogen) atoms. The van der Waals surface area contributed by atoms with E-state index in [1.165, 1.54) is 18.1 Å². The fourth-order valence-electron chi connectivity index (χ4n) is 1.67. The van der Waals surface area contributed by atoms with Gasteiger partial charge in [-0.3, -0.25) is 9.59 Å². The number of Topliss-reactive ketones (excluding diaryl/α,β-unsaturated/α-hetero) is 1. The molecule has 1 heterocycles. The summed E-state index contributed by atoms with van der Waals surface area (Å²) in [6, 6.07) is 4.60. The Morgan fingerprint density at radius 3 is 2.62 bits per heavy atom. The van der Waals surface area contributed by atoms with E-state index in [2.05, 4.69) is 0 Å². The molecule has 1 amide bonds. The van der Waals surface area contributed by atoms with Crippen molar-refractivity contribution in [2.75, 3.05) is 18.6 Å². The highest BCUT2D eigenvalue weighted by Crippen LogP contribution is 2.31. The van der Waals surface area contributed by atoms with Crippen LogP contribution in [0.1, 0.15) is 6.42 Å². The lowest BCUT2D eigenvalue weighted by Gasteiger charge is -2.15. The Balaban J connectivity index is 2.31. The predicted molar refractivity (Wildman–Crippen MR) is 56.6 cm³/mol. The summed E-state index contributed by atoms with van der Waals surface area (Å²) in [5, 5.41) is 9.56. The molecule has 84 valence electrons. The Hall–Kier alpha value is -2.04. The number of ketones is 1. The van der Waals surface area contributed by atoms with Crippen LogP contribution in [0, 0.1) is 0 Å². The minimum atomic E-state index is -0.241. The molecule has 1 aromatic rings. The Labute approximate surface area is 92.2 Å². The molecule has 0 aliphatic carbocycles. The van der Waals surface area contributed by atoms with Crippen molar-refractivity contribution in [2.24, 2.45) is 0 Å². The lowest BCUT2D eigenvalue weighted by molar-refractivity contribution is -0.121. The van der Waals surface area contributed by atoms with E-state index in [-0.39, 0.29) is 30.4 Å². The molecule has 1 saturated heterocycles. The van der Waals surface area contributed by atoms with Gasteiger partial charge in [-0.05, 0) is 12.1 Å². The number of benzene rings is 1. The Kier molecular flexibility index (Phi) is 2.52. The first-order valence-electron chi connectivity index (χ1n) is 4.81. The first-order chi connectivity index (χ1) is 7.61. The molecule has 0 bridgehead atoms. The predicted octanol–water partition coefficient (Wildman–Crippen LogP) is 0.707. The molecule has 2 rings (SSSR count). The van der Waals surface area contributed by atoms with Crippen LogP contribution in [0.4, 0.5) is 5.69 Å². The van der Waals surface area contributed by atoms with Gasteiger partial charge >= 0.3 is 0 Å². The summed E-state index contributed by atoms with van der Waals surface area (Å²) in [5.74, 6) is -0.0660. The number of aromatic hydroxyl groups is 1. The van der Waals surface area contributed by atoms with E-state index in [0.29, 0.717) is 11.4 Å². The maximum atomic E-state index is 11.4. The van der Waals surface area contributed by atoms with Crippen molar-refractivity contribution in [3.63, 3.8) is 0 Å². The molecule has 1 fully saturated rings. The van der Waals surface area contributed by atoms with Gasteiger partial charge in [0.2, 0.25) is 5.91 Å². The quantitative estimate of drug-likeness (QED) is 0.747. The number of carbonyl (C=O) groups is 2. The zero-order chi connectivity index (χ0) is 11.7. The number of hydrogen-bond acceptors (Lipinski definition) is 4. The highest BCUT2D eigenvalue weighted by Gasteiger charge is 2.28. The normalized spacial score (nSPS) is 15.7. The smallest absolute Gasteiger partial charge is 0.234 e. The molecule has 0 atom stereocenters. The molecule has 0 unspecified atom stereocenters. The van der Waals surface area contributed by atoms with Gasteiger partial charge in [0, 0.05) is 11.8 Å². The van der Waals surface area contributed by atoms with Crippen LogP contribution in [-0.2, 0) is 9.59 Å². The van der Waals surface area contributed by atoms with Crippen LogP contribution in [0.3, 0.4) is 0 Å². The van der Waals surface area contributed by atoms with Gasteiger partial charge in [-0.25, -0.2) is 0 Å². The molecule has 1 aliphatic rings. The van der Waals surface area contributed by atoms with Crippen molar-refractivity contribution < 1.29 is 19.4 Å². The largest absolute Gasteiger partial charge is 0.504 e. The van der Waals surface area contributed by atoms with E-state index in [9.17, 15) is 14.7 Å². The zero-order valence-corrected chi connectivity index (χ0v) is 8.77. The van der Waals surface area contributed by atoms with E-state index in [4.69, 9.17) is 4.74 Å². The Morgan fingerprint density at radius 2 is 2.12 bits per heavy atom. The van der Waals surface area contributed by atoms with Crippen molar-refractivity contribution in [1.29, 1.82) is 0 Å². The van der Waals surface area contributed by atoms with Crippen molar-refractivity contribution >= 4 is 17.4 Å². The lowest BCUT2D eigenvalue weighted by atomic mass is 10.2. The van der Waals surface area contributed by atoms with Gasteiger partial charge in [-0.2, -0.15) is 0 Å². The molecule has 0 aromatic heterocycles. The molecule has 5 heteroatoms. The number of rotatable bonds is 2. The van der Waals surface area contributed by atoms with E-state index in [1.807, 2.05) is 0 Å². The number of amides is 1. The maximum absolute atomic E-state index is 11.4. The summed E-state index contributed by atoms with van der Waals surface area (Å²) in [5.41, 5.74) is 0.508. The number of hydrogen-bond donors (Lipinski definition) is 1. The number of phenolic OH excluding ortho intramolecular Hbond substituents is 1. The van der Waals surface area contributed by atoms with Crippen molar-refractivity contribution in [3.05, 3.63) is 18.2 Å². The topological polar surface area (TPSA) is 66.8 Å². The van der Waals surface area contributed by atoms with Crippen LogP contribution in [0.5, 0.6) is 11.5 Å². The standard InChI is InChI=1S/C11H11NO4/c1-16-10-3-2-7(4-9(10)14)12-6-8(13)5-11(12)15/h2-4,14H,5-6H2,1H3. The zero-order valence-electron chi connectivity index (χ0n) is 8.77. The lowest BCUT2D eigenvalue weighted by Crippen LogP contribution is -2.24. The highest BCUT2D eigenvalue weighted by molar-refractivity contribution is 6.15. The molecular formula is C11H11NO4. The second kappa shape index (κ2) is 3.84. The van der Waals surface area contributed by atoms with Crippen molar-refractivity contribution in [3.8, 4) is 11.5 Å². The Bertz CT molecular complexity index is 455. The Morgan fingerprint density at radius 1 is 1.38 bits per heavy atom. The van der Waals surface area contributed by atoms with Gasteiger partial charge in [0.15, 0.2) is 17.3 Å². The highest BCUT2D eigenvalue weighted by atomic mass is 16.5. The molecule has 1 N–H and O–H groups in total. The van der Waals surface area contributed by atoms with Gasteiger partial charge < -0.3 is 14.7 Å². The summed E-state index contributed by atoms with van der Waals surface area (Å²) in [4.78, 5) is 23.9. The summed E-state index contributed by atoms with van der Waals surface area (Å²) in [7, 11) is 1.44. The molecule has 0 radical (unpaired) electrons. The number of anilines is 1. The fraction of sp³-hybridized carbons (Fsp3) is 0.273. The van der Waals surface area contributed by atoms with E-state index in [0.717, 1.165) is 0 Å². The summed E-state index contributed by atoms with van der Waals surface area (Å²) < 4.78 is 4.89. The minimum Gasteiger partial charge on any atom is -0.504 e. The first-order valence-corrected chi connectivity index (χ1v) is 4.81. The van der Waals surface area contributed by atoms with Gasteiger partial charge in [0.1, 0.15) is 0 Å². The molecular weight excluding hydrogens is 210 g/mol. The first kappa shape index (κ1) is 10.5. The van der Waals surface area contributed by atoms with Gasteiger partial charge in [0.05, 0.1) is 20.1 Å². The average molecular weight is 221 g/mol. The van der Waals surface area contributed by atoms with Crippen LogP contribution in [0.25, 0.3) is 0 Å². The van der Waals surface area contributed by atoms with E-state index >= 15 is 0 Å². The molecule has 1 aliphatic heterocycles. The van der Waals surface area contributed by atoms with Crippen LogP contribution in [0.15, 0.2) is 18.2 Å². The fourth-order valence-corrected chi connectivity index (χ4v) is 1.67. The van der Waals surface area contributed by atoms with Crippen LogP contribution in [0.2, 0.25) is 0 Å². The minimum absolute atomic E-state index is 0.0489. The van der Waals surface area contributed by atoms with Crippen molar-refractivity contribution in [2.45, 2.75) is 6.42 Å². The third-order valence-electron chi connectivity index (χ3n) is 2.46. The number of phenols is 1. The third-order valence-corrected chi connectivity index (χ3v) is 2.46. The van der Waals surface area contributed by atoms with Gasteiger partial charge in [-0.1, -0.05) is 0 Å². The average Bonchev–Trinajstić information content (AvgIpc) is 2.58.